The van der Waals surface area contributed by atoms with Crippen LogP contribution in [0.5, 0.6) is 0 Å². The minimum Gasteiger partial charge on any atom is -0.309 e. The SMILES string of the molecule is C=CC.C=CCC1=Cc2cc(-c3ccc4c5ccc6cc(-c7ccc(-c8ccccc8)cc7)ccc6c5n(-c5ccccc5)c4c3)ccc2CC1. The van der Waals surface area contributed by atoms with Crippen molar-refractivity contribution < 1.29 is 0 Å². The van der Waals surface area contributed by atoms with Crippen LogP contribution in [0, 0.1) is 0 Å². The van der Waals surface area contributed by atoms with Gasteiger partial charge in [-0.1, -0.05) is 145 Å². The second kappa shape index (κ2) is 14.0. The maximum absolute atomic E-state index is 3.96. The second-order valence-corrected chi connectivity index (χ2v) is 13.4. The molecule has 0 unspecified atom stereocenters. The quantitative estimate of drug-likeness (QED) is 0.157. The Hall–Kier alpha value is -6.18. The van der Waals surface area contributed by atoms with Crippen molar-refractivity contribution in [1.82, 2.24) is 4.57 Å². The first-order valence-electron chi connectivity index (χ1n) is 17.9. The van der Waals surface area contributed by atoms with Crippen molar-refractivity contribution in [2.45, 2.75) is 26.2 Å². The standard InChI is InChI=1S/C47H35N.C3H6/c1-2-9-32-14-15-36-20-21-38(30-41(36)28-32)39-23-26-44-45-27-24-40-29-37(35-18-16-34(17-19-35)33-10-5-3-6-11-33)22-25-43(40)47(45)48(46(44)31-39)42-12-7-4-8-13-42;1-3-2/h2-8,10-13,16-31H,1,9,14-15H2;3H,1H2,2H3. The highest BCUT2D eigenvalue weighted by molar-refractivity contribution is 6.19. The van der Waals surface area contributed by atoms with Crippen molar-refractivity contribution in [3.63, 3.8) is 0 Å². The summed E-state index contributed by atoms with van der Waals surface area (Å²) in [6.07, 6.45) is 9.33. The topological polar surface area (TPSA) is 4.93 Å². The smallest absolute Gasteiger partial charge is 0.0619 e. The van der Waals surface area contributed by atoms with E-state index in [4.69, 9.17) is 0 Å². The van der Waals surface area contributed by atoms with E-state index < -0.39 is 0 Å². The third-order valence-corrected chi connectivity index (χ3v) is 10.0. The third-order valence-electron chi connectivity index (χ3n) is 10.0. The molecular formula is C50H41N. The van der Waals surface area contributed by atoms with Crippen LogP contribution in [0.25, 0.3) is 77.7 Å². The molecule has 0 aliphatic heterocycles. The predicted octanol–water partition coefficient (Wildman–Crippen LogP) is 14.0. The van der Waals surface area contributed by atoms with E-state index in [9.17, 15) is 0 Å². The molecule has 0 N–H and O–H groups in total. The van der Waals surface area contributed by atoms with Gasteiger partial charge in [-0.25, -0.2) is 0 Å². The first-order valence-corrected chi connectivity index (χ1v) is 17.9. The zero-order chi connectivity index (χ0) is 34.7. The summed E-state index contributed by atoms with van der Waals surface area (Å²) in [5.41, 5.74) is 15.3. The highest BCUT2D eigenvalue weighted by Crippen LogP contribution is 2.40. The van der Waals surface area contributed by atoms with Crippen LogP contribution in [0.4, 0.5) is 0 Å². The van der Waals surface area contributed by atoms with Crippen LogP contribution in [-0.2, 0) is 6.42 Å². The fraction of sp³-hybridized carbons (Fsp3) is 0.0800. The predicted molar refractivity (Wildman–Crippen MR) is 222 cm³/mol. The monoisotopic (exact) mass is 655 g/mol. The molecule has 1 aliphatic carbocycles. The molecule has 0 fully saturated rings. The Labute approximate surface area is 301 Å². The zero-order valence-electron chi connectivity index (χ0n) is 29.1. The second-order valence-electron chi connectivity index (χ2n) is 13.4. The Balaban J connectivity index is 0.00000121. The van der Waals surface area contributed by atoms with E-state index in [1.54, 1.807) is 6.08 Å². The van der Waals surface area contributed by atoms with E-state index >= 15 is 0 Å². The minimum atomic E-state index is 0.961. The van der Waals surface area contributed by atoms with Gasteiger partial charge in [-0.05, 0) is 106 Å². The lowest BCUT2D eigenvalue weighted by molar-refractivity contribution is 0.900. The highest BCUT2D eigenvalue weighted by atomic mass is 15.0. The molecule has 7 aromatic carbocycles. The molecule has 0 bridgehead atoms. The molecular weight excluding hydrogens is 615 g/mol. The Morgan fingerprint density at radius 3 is 1.84 bits per heavy atom. The molecule has 0 amide bonds. The van der Waals surface area contributed by atoms with Gasteiger partial charge in [0.25, 0.3) is 0 Å². The number of para-hydroxylation sites is 1. The van der Waals surface area contributed by atoms with Crippen molar-refractivity contribution in [2.75, 3.05) is 0 Å². The van der Waals surface area contributed by atoms with Crippen molar-refractivity contribution in [3.8, 4) is 39.1 Å². The fourth-order valence-electron chi connectivity index (χ4n) is 7.60. The van der Waals surface area contributed by atoms with Gasteiger partial charge in [-0.3, -0.25) is 0 Å². The summed E-state index contributed by atoms with van der Waals surface area (Å²) in [6, 6.07) is 55.8. The van der Waals surface area contributed by atoms with E-state index in [1.165, 1.54) is 88.3 Å². The number of benzene rings is 7. The van der Waals surface area contributed by atoms with Crippen LogP contribution >= 0.6 is 0 Å². The molecule has 1 heterocycles. The van der Waals surface area contributed by atoms with Crippen LogP contribution in [-0.4, -0.2) is 4.57 Å². The molecule has 8 aromatic rings. The lowest BCUT2D eigenvalue weighted by Crippen LogP contribution is -1.99. The van der Waals surface area contributed by atoms with Gasteiger partial charge in [0.15, 0.2) is 0 Å². The van der Waals surface area contributed by atoms with Gasteiger partial charge in [0.1, 0.15) is 0 Å². The zero-order valence-corrected chi connectivity index (χ0v) is 29.1. The van der Waals surface area contributed by atoms with Gasteiger partial charge in [0, 0.05) is 21.8 Å². The van der Waals surface area contributed by atoms with Crippen LogP contribution in [0.1, 0.15) is 30.9 Å². The van der Waals surface area contributed by atoms with Crippen molar-refractivity contribution in [3.05, 3.63) is 194 Å². The van der Waals surface area contributed by atoms with E-state index in [2.05, 4.69) is 175 Å². The molecule has 1 heteroatoms. The summed E-state index contributed by atoms with van der Waals surface area (Å²) in [4.78, 5) is 0. The summed E-state index contributed by atoms with van der Waals surface area (Å²) < 4.78 is 2.46. The van der Waals surface area contributed by atoms with Gasteiger partial charge < -0.3 is 4.57 Å². The fourth-order valence-corrected chi connectivity index (χ4v) is 7.60. The van der Waals surface area contributed by atoms with Crippen molar-refractivity contribution in [1.29, 1.82) is 0 Å². The van der Waals surface area contributed by atoms with Crippen molar-refractivity contribution >= 4 is 38.7 Å². The van der Waals surface area contributed by atoms with Gasteiger partial charge in [-0.15, -0.1) is 13.2 Å². The molecule has 1 aliphatic rings. The molecule has 0 saturated heterocycles. The minimum absolute atomic E-state index is 0.961. The van der Waals surface area contributed by atoms with E-state index in [0.29, 0.717) is 0 Å². The maximum atomic E-state index is 3.96. The van der Waals surface area contributed by atoms with E-state index in [1.807, 2.05) is 13.0 Å². The molecule has 1 nitrogen and oxygen atoms in total. The third kappa shape index (κ3) is 6.13. The molecule has 0 radical (unpaired) electrons. The Morgan fingerprint density at radius 1 is 0.549 bits per heavy atom. The first kappa shape index (κ1) is 32.0. The molecule has 246 valence electrons. The van der Waals surface area contributed by atoms with Gasteiger partial charge in [0.05, 0.1) is 11.0 Å². The number of aryl methyl sites for hydroxylation is 1. The van der Waals surface area contributed by atoms with Gasteiger partial charge >= 0.3 is 0 Å². The summed E-state index contributed by atoms with van der Waals surface area (Å²) >= 11 is 0. The summed E-state index contributed by atoms with van der Waals surface area (Å²) in [6.45, 7) is 9.21. The maximum Gasteiger partial charge on any atom is 0.0619 e. The van der Waals surface area contributed by atoms with E-state index in [-0.39, 0.29) is 0 Å². The average molecular weight is 656 g/mol. The number of nitrogens with zero attached hydrogens (tertiary/aromatic N) is 1. The average Bonchev–Trinajstić information content (AvgIpc) is 3.53. The Kier molecular flexibility index (Phi) is 8.78. The molecule has 9 rings (SSSR count). The van der Waals surface area contributed by atoms with Crippen LogP contribution in [0.15, 0.2) is 183 Å². The lowest BCUT2D eigenvalue weighted by atomic mass is 9.88. The van der Waals surface area contributed by atoms with E-state index in [0.717, 1.165) is 19.3 Å². The normalized spacial score (nSPS) is 12.2. The molecule has 0 spiro atoms. The van der Waals surface area contributed by atoms with Gasteiger partial charge in [0.2, 0.25) is 0 Å². The van der Waals surface area contributed by atoms with Crippen molar-refractivity contribution in [2.24, 2.45) is 0 Å². The van der Waals surface area contributed by atoms with Crippen LogP contribution in [0.3, 0.4) is 0 Å². The first-order chi connectivity index (χ1) is 25.1. The molecule has 0 atom stereocenters. The Bertz CT molecular complexity index is 2560. The molecule has 1 aromatic heterocycles. The number of hydrogen-bond donors (Lipinski definition) is 0. The highest BCUT2D eigenvalue weighted by Gasteiger charge is 2.17. The number of allylic oxidation sites excluding steroid dienone is 3. The number of aromatic nitrogens is 1. The largest absolute Gasteiger partial charge is 0.309 e. The molecule has 0 saturated carbocycles. The van der Waals surface area contributed by atoms with Gasteiger partial charge in [-0.2, -0.15) is 0 Å². The summed E-state index contributed by atoms with van der Waals surface area (Å²) in [7, 11) is 0. The Morgan fingerprint density at radius 2 is 1.12 bits per heavy atom. The summed E-state index contributed by atoms with van der Waals surface area (Å²) in [5.74, 6) is 0. The van der Waals surface area contributed by atoms with Crippen LogP contribution < -0.4 is 0 Å². The number of hydrogen-bond acceptors (Lipinski definition) is 0. The van der Waals surface area contributed by atoms with Crippen LogP contribution in [0.2, 0.25) is 0 Å². The number of fused-ring (bicyclic) bond motifs is 6. The molecule has 51 heavy (non-hydrogen) atoms. The number of rotatable bonds is 6. The summed E-state index contributed by atoms with van der Waals surface area (Å²) in [5, 5.41) is 5.04. The lowest BCUT2D eigenvalue weighted by Gasteiger charge is -2.17.